The van der Waals surface area contributed by atoms with Gasteiger partial charge in [-0.1, -0.05) is 96.8 Å². The Kier molecular flexibility index (Phi) is 33.4. The summed E-state index contributed by atoms with van der Waals surface area (Å²) in [7, 11) is 0. The van der Waals surface area contributed by atoms with Crippen LogP contribution in [0.1, 0.15) is 144 Å². The molecule has 0 saturated heterocycles. The van der Waals surface area contributed by atoms with E-state index in [4.69, 9.17) is 4.89 Å². The van der Waals surface area contributed by atoms with E-state index in [1.54, 1.807) is 6.92 Å². The van der Waals surface area contributed by atoms with E-state index < -0.39 is 5.97 Å². The first kappa shape index (κ1) is 37.6. The molecule has 0 bridgehead atoms. The summed E-state index contributed by atoms with van der Waals surface area (Å²) in [6.45, 7) is 9.37. The molecule has 0 atom stereocenters. The molecule has 6 nitrogen and oxygen atoms in total. The molecule has 0 fully saturated rings. The molecule has 0 aromatic carbocycles. The van der Waals surface area contributed by atoms with Crippen molar-refractivity contribution in [2.24, 2.45) is 0 Å². The second-order valence-electron chi connectivity index (χ2n) is 8.98. The molecule has 0 aliphatic rings. The predicted octanol–water partition coefficient (Wildman–Crippen LogP) is 6.48. The Bertz CT molecular complexity index is 468. The topological polar surface area (TPSA) is 78.9 Å². The lowest BCUT2D eigenvalue weighted by Gasteiger charge is -2.06. The molecule has 0 saturated carbocycles. The van der Waals surface area contributed by atoms with Gasteiger partial charge in [-0.05, 0) is 34.1 Å². The Morgan fingerprint density at radius 1 is 0.647 bits per heavy atom. The molecular formula is C27H55AlO6. The minimum absolute atomic E-state index is 0. The molecule has 7 heteroatoms. The molecule has 0 radical (unpaired) electrons. The number of hydrogen-bond acceptors (Lipinski definition) is 6. The van der Waals surface area contributed by atoms with Gasteiger partial charge in [0.1, 0.15) is 12.2 Å². The zero-order valence-corrected chi connectivity index (χ0v) is 22.3. The lowest BCUT2D eigenvalue weighted by molar-refractivity contribution is -0.291. The van der Waals surface area contributed by atoms with E-state index >= 15 is 0 Å². The highest BCUT2D eigenvalue weighted by atomic mass is 27.0. The van der Waals surface area contributed by atoms with Crippen molar-refractivity contribution >= 4 is 35.1 Å². The third kappa shape index (κ3) is 35.7. The third-order valence-corrected chi connectivity index (χ3v) is 5.02. The van der Waals surface area contributed by atoms with E-state index in [1.165, 1.54) is 90.4 Å². The van der Waals surface area contributed by atoms with Crippen LogP contribution in [0.25, 0.3) is 0 Å². The fourth-order valence-corrected chi connectivity index (χ4v) is 3.25. The van der Waals surface area contributed by atoms with Crippen molar-refractivity contribution < 1.29 is 28.9 Å². The Morgan fingerprint density at radius 3 is 1.41 bits per heavy atom. The second kappa shape index (κ2) is 30.1. The number of esters is 1. The Hall–Kier alpha value is -0.898. The van der Waals surface area contributed by atoms with Crippen molar-refractivity contribution in [2.45, 2.75) is 150 Å². The number of Topliss-reactive ketones (excluding diaryl/α,β-unsaturated/α-hetero) is 1. The Labute approximate surface area is 220 Å². The highest BCUT2D eigenvalue weighted by Gasteiger charge is 2.05. The van der Waals surface area contributed by atoms with Crippen LogP contribution in [0, 0.1) is 0 Å². The van der Waals surface area contributed by atoms with E-state index in [1.807, 2.05) is 13.8 Å². The van der Waals surface area contributed by atoms with Gasteiger partial charge in [0.05, 0.1) is 12.7 Å². The fraction of sp³-hybridized carbons (Fsp3) is 0.889. The van der Waals surface area contributed by atoms with E-state index in [2.05, 4.69) is 16.5 Å². The first-order valence-corrected chi connectivity index (χ1v) is 13.3. The molecule has 0 aliphatic heterocycles. The summed E-state index contributed by atoms with van der Waals surface area (Å²) in [5.41, 5.74) is 0. The quantitative estimate of drug-likeness (QED) is 0.0447. The molecular weight excluding hydrogens is 447 g/mol. The largest absolute Gasteiger partial charge is 0.466 e. The van der Waals surface area contributed by atoms with Crippen molar-refractivity contribution in [1.82, 2.24) is 0 Å². The first-order valence-electron chi connectivity index (χ1n) is 13.3. The molecule has 0 heterocycles. The molecule has 0 aromatic rings. The minimum atomic E-state index is -0.440. The zero-order valence-electron chi connectivity index (χ0n) is 22.3. The summed E-state index contributed by atoms with van der Waals surface area (Å²) in [6, 6.07) is 0. The maximum atomic E-state index is 11.3. The number of ether oxygens (including phenoxy) is 1. The molecule has 0 rings (SSSR count). The van der Waals surface area contributed by atoms with Gasteiger partial charge in [-0.15, -0.1) is 0 Å². The highest BCUT2D eigenvalue weighted by Crippen LogP contribution is 2.13. The van der Waals surface area contributed by atoms with Crippen molar-refractivity contribution in [2.75, 3.05) is 6.61 Å². The monoisotopic (exact) mass is 502 g/mol. The van der Waals surface area contributed by atoms with Crippen LogP contribution in [-0.4, -0.2) is 47.8 Å². The summed E-state index contributed by atoms with van der Waals surface area (Å²) in [5, 5.41) is 0. The van der Waals surface area contributed by atoms with Gasteiger partial charge in [0.15, 0.2) is 17.4 Å². The molecule has 202 valence electrons. The average molecular weight is 503 g/mol. The molecule has 0 spiro atoms. The maximum Gasteiger partial charge on any atom is 0.342 e. The Morgan fingerprint density at radius 2 is 1.06 bits per heavy atom. The predicted molar refractivity (Wildman–Crippen MR) is 144 cm³/mol. The third-order valence-electron chi connectivity index (χ3n) is 5.02. The summed E-state index contributed by atoms with van der Waals surface area (Å²) in [6.07, 6.45) is 20.3. The van der Waals surface area contributed by atoms with E-state index in [0.717, 1.165) is 12.8 Å². The number of ketones is 1. The van der Waals surface area contributed by atoms with Gasteiger partial charge < -0.3 is 4.74 Å². The molecule has 0 aliphatic carbocycles. The fourth-order valence-electron chi connectivity index (χ4n) is 3.25. The highest BCUT2D eigenvalue weighted by molar-refractivity contribution is 5.94. The average Bonchev–Trinajstić information content (AvgIpc) is 2.75. The standard InChI is InChI=1S/C21H42O3.C6H10O3.Al.3H/c1-4-5-6-7-8-9-10-11-12-13-14-15-16-17-18-19-21(22)24-23-20(2)3;1-3-9-6(8)4-5(2)7;;;;/h20H,4-19H2,1-3H3;3-4H2,1-2H3;;;;. The van der Waals surface area contributed by atoms with Crippen LogP contribution in [0.3, 0.4) is 0 Å². The van der Waals surface area contributed by atoms with Crippen molar-refractivity contribution in [3.05, 3.63) is 0 Å². The normalized spacial score (nSPS) is 10.2. The smallest absolute Gasteiger partial charge is 0.342 e. The van der Waals surface area contributed by atoms with Crippen molar-refractivity contribution in [3.63, 3.8) is 0 Å². The van der Waals surface area contributed by atoms with E-state index in [9.17, 15) is 14.4 Å². The SMILES string of the molecule is CCCCCCCCCCCCCCCCCC(=O)OOC(C)C.CCOC(=O)CC(C)=O.[AlH3]. The molecule has 0 aromatic heterocycles. The lowest BCUT2D eigenvalue weighted by atomic mass is 10.0. The van der Waals surface area contributed by atoms with Crippen LogP contribution in [0.15, 0.2) is 0 Å². The van der Waals surface area contributed by atoms with Gasteiger partial charge in [0.25, 0.3) is 0 Å². The van der Waals surface area contributed by atoms with Crippen molar-refractivity contribution in [3.8, 4) is 0 Å². The number of unbranched alkanes of at least 4 members (excludes halogenated alkanes) is 14. The van der Waals surface area contributed by atoms with E-state index in [-0.39, 0.29) is 41.6 Å². The number of carbonyl (C=O) groups excluding carboxylic acids is 3. The second-order valence-corrected chi connectivity index (χ2v) is 8.98. The van der Waals surface area contributed by atoms with Crippen LogP contribution in [0.2, 0.25) is 0 Å². The summed E-state index contributed by atoms with van der Waals surface area (Å²) in [4.78, 5) is 41.5. The van der Waals surface area contributed by atoms with Gasteiger partial charge in [0.2, 0.25) is 0 Å². The van der Waals surface area contributed by atoms with Gasteiger partial charge in [0, 0.05) is 6.42 Å². The number of carbonyl (C=O) groups is 3. The van der Waals surface area contributed by atoms with Crippen LogP contribution >= 0.6 is 0 Å². The Balaban J connectivity index is -0.000000812. The van der Waals surface area contributed by atoms with Gasteiger partial charge in [-0.25, -0.2) is 4.79 Å². The molecule has 34 heavy (non-hydrogen) atoms. The van der Waals surface area contributed by atoms with Crippen LogP contribution in [0.4, 0.5) is 0 Å². The summed E-state index contributed by atoms with van der Waals surface area (Å²) in [5.74, 6) is -0.836. The number of rotatable bonds is 21. The number of hydrogen-bond donors (Lipinski definition) is 0. The van der Waals surface area contributed by atoms with Crippen LogP contribution < -0.4 is 0 Å². The summed E-state index contributed by atoms with van der Waals surface area (Å²) < 4.78 is 4.49. The zero-order chi connectivity index (χ0) is 25.2. The van der Waals surface area contributed by atoms with Gasteiger partial charge >= 0.3 is 11.9 Å². The molecule has 0 unspecified atom stereocenters. The van der Waals surface area contributed by atoms with Crippen LogP contribution in [-0.2, 0) is 28.9 Å². The minimum Gasteiger partial charge on any atom is -0.466 e. The maximum absolute atomic E-state index is 11.3. The van der Waals surface area contributed by atoms with Gasteiger partial charge in [-0.2, -0.15) is 4.89 Å². The summed E-state index contributed by atoms with van der Waals surface area (Å²) >= 11 is 0. The van der Waals surface area contributed by atoms with Crippen molar-refractivity contribution in [1.29, 1.82) is 0 Å². The molecule has 0 amide bonds. The lowest BCUT2D eigenvalue weighted by Crippen LogP contribution is -2.10. The first-order chi connectivity index (χ1) is 15.8. The molecule has 0 N–H and O–H groups in total. The van der Waals surface area contributed by atoms with E-state index in [0.29, 0.717) is 13.0 Å². The van der Waals surface area contributed by atoms with Gasteiger partial charge in [-0.3, -0.25) is 14.5 Å². The van der Waals surface area contributed by atoms with Crippen LogP contribution in [0.5, 0.6) is 0 Å².